The maximum absolute atomic E-state index is 5.47. The number of hydrogen-bond donors (Lipinski definition) is 0. The zero-order chi connectivity index (χ0) is 38.1. The summed E-state index contributed by atoms with van der Waals surface area (Å²) in [5.41, 5.74) is 15.1. The van der Waals surface area contributed by atoms with Crippen LogP contribution in [0.25, 0.3) is 99.6 Å². The summed E-state index contributed by atoms with van der Waals surface area (Å²) in [4.78, 5) is 10.8. The highest BCUT2D eigenvalue weighted by molar-refractivity contribution is 6.27. The average Bonchev–Trinajstić information content (AvgIpc) is 3.51. The minimum absolute atomic E-state index is 0.127. The van der Waals surface area contributed by atoms with Crippen molar-refractivity contribution in [3.63, 3.8) is 0 Å². The molecule has 10 aromatic rings. The summed E-state index contributed by atoms with van der Waals surface area (Å²) in [6.45, 7) is 4.71. The highest BCUT2D eigenvalue weighted by atomic mass is 14.9. The molecule has 0 unspecified atom stereocenters. The van der Waals surface area contributed by atoms with Gasteiger partial charge in [0.05, 0.1) is 11.4 Å². The zero-order valence-electron chi connectivity index (χ0n) is 31.9. The quantitative estimate of drug-likeness (QED) is 0.130. The third-order valence-corrected chi connectivity index (χ3v) is 12.0. The van der Waals surface area contributed by atoms with Gasteiger partial charge in [-0.05, 0) is 83.6 Å². The van der Waals surface area contributed by atoms with E-state index in [-0.39, 0.29) is 5.41 Å². The fraction of sp³-hybridized carbons (Fsp3) is 0.0545. The first kappa shape index (κ1) is 33.2. The molecule has 268 valence electrons. The van der Waals surface area contributed by atoms with E-state index in [0.717, 1.165) is 28.1 Å². The van der Waals surface area contributed by atoms with Crippen molar-refractivity contribution >= 4 is 32.3 Å². The summed E-state index contributed by atoms with van der Waals surface area (Å²) in [7, 11) is 0. The van der Waals surface area contributed by atoms with Gasteiger partial charge in [-0.3, -0.25) is 0 Å². The molecule has 0 amide bonds. The lowest BCUT2D eigenvalue weighted by Gasteiger charge is -2.24. The van der Waals surface area contributed by atoms with Crippen LogP contribution in [0.3, 0.4) is 0 Å². The van der Waals surface area contributed by atoms with E-state index in [1.54, 1.807) is 0 Å². The summed E-state index contributed by atoms with van der Waals surface area (Å²) in [6.07, 6.45) is 0. The molecule has 0 spiro atoms. The summed E-state index contributed by atoms with van der Waals surface area (Å²) in [5.74, 6) is 0.704. The second-order valence-corrected chi connectivity index (χ2v) is 15.7. The van der Waals surface area contributed by atoms with E-state index in [9.17, 15) is 0 Å². The van der Waals surface area contributed by atoms with Crippen LogP contribution in [0.5, 0.6) is 0 Å². The minimum Gasteiger partial charge on any atom is -0.228 e. The minimum atomic E-state index is -0.127. The van der Waals surface area contributed by atoms with Crippen LogP contribution < -0.4 is 0 Å². The number of nitrogens with zero attached hydrogens (tertiary/aromatic N) is 2. The third kappa shape index (κ3) is 5.25. The van der Waals surface area contributed by atoms with Crippen LogP contribution in [-0.4, -0.2) is 9.97 Å². The Bertz CT molecular complexity index is 3200. The number of rotatable bonds is 5. The van der Waals surface area contributed by atoms with Crippen molar-refractivity contribution in [2.45, 2.75) is 19.3 Å². The van der Waals surface area contributed by atoms with Crippen molar-refractivity contribution in [2.75, 3.05) is 0 Å². The van der Waals surface area contributed by atoms with Crippen molar-refractivity contribution < 1.29 is 0 Å². The molecule has 0 bridgehead atoms. The van der Waals surface area contributed by atoms with Crippen LogP contribution in [0.4, 0.5) is 0 Å². The Morgan fingerprint density at radius 2 is 0.947 bits per heavy atom. The van der Waals surface area contributed by atoms with Crippen molar-refractivity contribution in [2.24, 2.45) is 0 Å². The molecule has 0 radical (unpaired) electrons. The smallest absolute Gasteiger partial charge is 0.160 e. The normalized spacial score (nSPS) is 12.9. The third-order valence-electron chi connectivity index (χ3n) is 12.0. The molecule has 1 aromatic heterocycles. The standard InChI is InChI=1S/C55H38N2/c1-55(2)47-30-14-13-25-42(47)45-29-16-28-41(53(45)55)38-22-15-23-39(33-38)48-34-49(57-54(56-48)37-20-7-4-8-21-37)52-44-27-12-11-26-43(44)50(36-18-5-3-6-19-36)46-32-31-35-17-9-10-24-40(35)51(46)52/h3-34H,1-2H3. The first-order chi connectivity index (χ1) is 28.0. The van der Waals surface area contributed by atoms with Crippen molar-refractivity contribution in [1.82, 2.24) is 9.97 Å². The molecule has 0 saturated carbocycles. The molecule has 2 heteroatoms. The van der Waals surface area contributed by atoms with Crippen LogP contribution in [0.2, 0.25) is 0 Å². The molecule has 1 aliphatic rings. The molecule has 0 fully saturated rings. The molecule has 2 nitrogen and oxygen atoms in total. The van der Waals surface area contributed by atoms with Gasteiger partial charge in [0.25, 0.3) is 0 Å². The first-order valence-electron chi connectivity index (χ1n) is 19.8. The van der Waals surface area contributed by atoms with E-state index in [1.165, 1.54) is 76.8 Å². The second kappa shape index (κ2) is 13.0. The molecule has 0 atom stereocenters. The fourth-order valence-electron chi connectivity index (χ4n) is 9.50. The molecule has 0 saturated heterocycles. The van der Waals surface area contributed by atoms with Crippen LogP contribution in [-0.2, 0) is 5.41 Å². The van der Waals surface area contributed by atoms with Crippen LogP contribution >= 0.6 is 0 Å². The Hall–Kier alpha value is -7.16. The zero-order valence-corrected chi connectivity index (χ0v) is 31.9. The van der Waals surface area contributed by atoms with Crippen molar-refractivity contribution in [1.29, 1.82) is 0 Å². The molecular formula is C55H38N2. The Labute approximate surface area is 332 Å². The number of hydrogen-bond acceptors (Lipinski definition) is 2. The maximum Gasteiger partial charge on any atom is 0.160 e. The van der Waals surface area contributed by atoms with Gasteiger partial charge in [-0.25, -0.2) is 9.97 Å². The van der Waals surface area contributed by atoms with E-state index in [0.29, 0.717) is 5.82 Å². The number of benzene rings is 9. The number of fused-ring (bicyclic) bond motifs is 7. The van der Waals surface area contributed by atoms with Crippen LogP contribution in [0.15, 0.2) is 194 Å². The summed E-state index contributed by atoms with van der Waals surface area (Å²) in [6, 6.07) is 70.1. The molecule has 0 aliphatic heterocycles. The van der Waals surface area contributed by atoms with Gasteiger partial charge in [0, 0.05) is 27.5 Å². The second-order valence-electron chi connectivity index (χ2n) is 15.7. The van der Waals surface area contributed by atoms with Gasteiger partial charge in [0.2, 0.25) is 0 Å². The largest absolute Gasteiger partial charge is 0.228 e. The summed E-state index contributed by atoms with van der Waals surface area (Å²) in [5, 5.41) is 7.18. The van der Waals surface area contributed by atoms with Gasteiger partial charge >= 0.3 is 0 Å². The molecule has 11 rings (SSSR count). The fourth-order valence-corrected chi connectivity index (χ4v) is 9.50. The van der Waals surface area contributed by atoms with Gasteiger partial charge < -0.3 is 0 Å². The molecule has 9 aromatic carbocycles. The van der Waals surface area contributed by atoms with Crippen molar-refractivity contribution in [3.8, 4) is 67.3 Å². The predicted octanol–water partition coefficient (Wildman–Crippen LogP) is 14.6. The molecule has 0 N–H and O–H groups in total. The van der Waals surface area contributed by atoms with Gasteiger partial charge in [-0.2, -0.15) is 0 Å². The highest BCUT2D eigenvalue weighted by Crippen LogP contribution is 2.52. The van der Waals surface area contributed by atoms with E-state index in [4.69, 9.17) is 9.97 Å². The van der Waals surface area contributed by atoms with E-state index in [1.807, 2.05) is 6.07 Å². The Morgan fingerprint density at radius 1 is 0.368 bits per heavy atom. The highest BCUT2D eigenvalue weighted by Gasteiger charge is 2.37. The van der Waals surface area contributed by atoms with E-state index >= 15 is 0 Å². The lowest BCUT2D eigenvalue weighted by atomic mass is 9.78. The lowest BCUT2D eigenvalue weighted by molar-refractivity contribution is 0.662. The molecule has 1 heterocycles. The van der Waals surface area contributed by atoms with E-state index in [2.05, 4.69) is 202 Å². The van der Waals surface area contributed by atoms with Gasteiger partial charge in [-0.1, -0.05) is 196 Å². The summed E-state index contributed by atoms with van der Waals surface area (Å²) < 4.78 is 0. The number of aromatic nitrogens is 2. The monoisotopic (exact) mass is 726 g/mol. The van der Waals surface area contributed by atoms with Crippen LogP contribution in [0, 0.1) is 0 Å². The van der Waals surface area contributed by atoms with Crippen LogP contribution in [0.1, 0.15) is 25.0 Å². The van der Waals surface area contributed by atoms with Crippen molar-refractivity contribution in [3.05, 3.63) is 205 Å². The topological polar surface area (TPSA) is 25.8 Å². The molecule has 57 heavy (non-hydrogen) atoms. The Kier molecular flexibility index (Phi) is 7.55. The maximum atomic E-state index is 5.47. The molecule has 1 aliphatic carbocycles. The Balaban J connectivity index is 1.19. The van der Waals surface area contributed by atoms with E-state index < -0.39 is 0 Å². The lowest BCUT2D eigenvalue weighted by Crippen LogP contribution is -2.16. The molecular weight excluding hydrogens is 689 g/mol. The Morgan fingerprint density at radius 3 is 1.75 bits per heavy atom. The predicted molar refractivity (Wildman–Crippen MR) is 239 cm³/mol. The SMILES string of the molecule is CC1(C)c2ccccc2-c2cccc(-c3cccc(-c4cc(-c5c6ccccc6c(-c6ccccc6)c6ccc7ccccc7c56)nc(-c5ccccc5)n4)c3)c21. The van der Waals surface area contributed by atoms with Gasteiger partial charge in [0.1, 0.15) is 0 Å². The van der Waals surface area contributed by atoms with Gasteiger partial charge in [-0.15, -0.1) is 0 Å². The average molecular weight is 727 g/mol. The summed E-state index contributed by atoms with van der Waals surface area (Å²) >= 11 is 0. The van der Waals surface area contributed by atoms with Gasteiger partial charge in [0.15, 0.2) is 5.82 Å². The first-order valence-corrected chi connectivity index (χ1v) is 19.8.